The number of nitrogens with one attached hydrogen (secondary N) is 2. The van der Waals surface area contributed by atoms with Crippen LogP contribution in [-0.4, -0.2) is 36.2 Å². The van der Waals surface area contributed by atoms with Crippen molar-refractivity contribution in [2.45, 2.75) is 32.9 Å². The van der Waals surface area contributed by atoms with Crippen molar-refractivity contribution >= 4 is 29.9 Å². The summed E-state index contributed by atoms with van der Waals surface area (Å²) >= 11 is 0. The van der Waals surface area contributed by atoms with Gasteiger partial charge in [-0.2, -0.15) is 0 Å². The van der Waals surface area contributed by atoms with E-state index in [1.54, 1.807) is 32.4 Å². The molecule has 2 aromatic heterocycles. The topological polar surface area (TPSA) is 91.9 Å². The van der Waals surface area contributed by atoms with Gasteiger partial charge in [0.1, 0.15) is 17.1 Å². The fourth-order valence-corrected chi connectivity index (χ4v) is 2.20. The maximum atomic E-state index is 10.6. The van der Waals surface area contributed by atoms with E-state index < -0.39 is 5.60 Å². The summed E-state index contributed by atoms with van der Waals surface area (Å²) in [6, 6.07) is 7.33. The van der Waals surface area contributed by atoms with Gasteiger partial charge in [0.25, 0.3) is 0 Å². The molecule has 0 spiro atoms. The Morgan fingerprint density at radius 2 is 2.08 bits per heavy atom. The lowest BCUT2D eigenvalue weighted by Crippen LogP contribution is -2.44. The molecule has 0 aliphatic heterocycles. The summed E-state index contributed by atoms with van der Waals surface area (Å²) in [5, 5.41) is 16.9. The zero-order chi connectivity index (χ0) is 18.3. The predicted molar refractivity (Wildman–Crippen MR) is 112 cm³/mol. The van der Waals surface area contributed by atoms with E-state index in [1.165, 1.54) is 0 Å². The lowest BCUT2D eigenvalue weighted by molar-refractivity contribution is 0.0378. The summed E-state index contributed by atoms with van der Waals surface area (Å²) in [5.74, 6) is 2.47. The van der Waals surface area contributed by atoms with E-state index in [-0.39, 0.29) is 30.5 Å². The summed E-state index contributed by atoms with van der Waals surface area (Å²) in [7, 11) is 1.58. The van der Waals surface area contributed by atoms with Crippen LogP contribution in [0.5, 0.6) is 5.88 Å². The Hall–Kier alpha value is -1.81. The number of ether oxygens (including phenoxy) is 1. The third-order valence-corrected chi connectivity index (χ3v) is 3.64. The van der Waals surface area contributed by atoms with Gasteiger partial charge in [0.05, 0.1) is 20.2 Å². The van der Waals surface area contributed by atoms with E-state index in [9.17, 15) is 5.11 Å². The fourth-order valence-electron chi connectivity index (χ4n) is 2.20. The molecule has 26 heavy (non-hydrogen) atoms. The van der Waals surface area contributed by atoms with Gasteiger partial charge in [-0.3, -0.25) is 0 Å². The Kier molecular flexibility index (Phi) is 8.86. The van der Waals surface area contributed by atoms with Crippen LogP contribution in [0.2, 0.25) is 0 Å². The molecular formula is C18H27IN4O3. The van der Waals surface area contributed by atoms with Crippen LogP contribution in [0.1, 0.15) is 30.9 Å². The van der Waals surface area contributed by atoms with Crippen molar-refractivity contribution in [1.82, 2.24) is 15.6 Å². The highest BCUT2D eigenvalue weighted by atomic mass is 127. The standard InChI is InChI=1S/C18H26N4O3.HI/c1-5-19-17(21-11-14-7-9-16(24-4)20-10-14)22-12-18(3,23)15-8-6-13(2)25-15;/h6-10,23H,5,11-12H2,1-4H3,(H2,19,21,22);1H. The molecule has 0 bridgehead atoms. The molecule has 2 aromatic rings. The van der Waals surface area contributed by atoms with Gasteiger partial charge in [-0.1, -0.05) is 6.07 Å². The first kappa shape index (κ1) is 22.2. The highest BCUT2D eigenvalue weighted by Gasteiger charge is 2.27. The Balaban J connectivity index is 0.00000338. The second-order valence-electron chi connectivity index (χ2n) is 5.94. The van der Waals surface area contributed by atoms with Gasteiger partial charge in [0.2, 0.25) is 5.88 Å². The van der Waals surface area contributed by atoms with Gasteiger partial charge in [-0.05, 0) is 38.5 Å². The van der Waals surface area contributed by atoms with Crippen molar-refractivity contribution in [2.75, 3.05) is 20.2 Å². The van der Waals surface area contributed by atoms with Gasteiger partial charge in [-0.15, -0.1) is 24.0 Å². The number of nitrogens with zero attached hydrogens (tertiary/aromatic N) is 2. The highest BCUT2D eigenvalue weighted by molar-refractivity contribution is 14.0. The lowest BCUT2D eigenvalue weighted by Gasteiger charge is -2.22. The van der Waals surface area contributed by atoms with Crippen LogP contribution in [-0.2, 0) is 12.1 Å². The van der Waals surface area contributed by atoms with Gasteiger partial charge >= 0.3 is 0 Å². The number of aromatic nitrogens is 1. The second-order valence-corrected chi connectivity index (χ2v) is 5.94. The fraction of sp³-hybridized carbons (Fsp3) is 0.444. The number of methoxy groups -OCH3 is 1. The quantitative estimate of drug-likeness (QED) is 0.325. The van der Waals surface area contributed by atoms with Crippen molar-refractivity contribution in [2.24, 2.45) is 4.99 Å². The molecule has 2 heterocycles. The van der Waals surface area contributed by atoms with E-state index in [2.05, 4.69) is 20.6 Å². The molecule has 0 aliphatic rings. The first-order chi connectivity index (χ1) is 11.9. The maximum Gasteiger partial charge on any atom is 0.212 e. The predicted octanol–water partition coefficient (Wildman–Crippen LogP) is 2.57. The van der Waals surface area contributed by atoms with Crippen LogP contribution >= 0.6 is 24.0 Å². The number of hydrogen-bond donors (Lipinski definition) is 3. The van der Waals surface area contributed by atoms with E-state index in [0.717, 1.165) is 11.3 Å². The number of rotatable bonds is 7. The minimum Gasteiger partial charge on any atom is -0.481 e. The smallest absolute Gasteiger partial charge is 0.212 e. The van der Waals surface area contributed by atoms with Crippen LogP contribution in [0.15, 0.2) is 39.9 Å². The average molecular weight is 474 g/mol. The van der Waals surface area contributed by atoms with Crippen LogP contribution in [0.3, 0.4) is 0 Å². The van der Waals surface area contributed by atoms with Gasteiger partial charge in [0, 0.05) is 18.8 Å². The zero-order valence-corrected chi connectivity index (χ0v) is 17.9. The van der Waals surface area contributed by atoms with Crippen molar-refractivity contribution < 1.29 is 14.3 Å². The van der Waals surface area contributed by atoms with Crippen LogP contribution in [0.25, 0.3) is 0 Å². The summed E-state index contributed by atoms with van der Waals surface area (Å²) < 4.78 is 10.6. The first-order valence-corrected chi connectivity index (χ1v) is 8.25. The number of hydrogen-bond acceptors (Lipinski definition) is 5. The largest absolute Gasteiger partial charge is 0.481 e. The lowest BCUT2D eigenvalue weighted by atomic mass is 10.0. The van der Waals surface area contributed by atoms with Crippen LogP contribution in [0.4, 0.5) is 0 Å². The number of furan rings is 1. The van der Waals surface area contributed by atoms with E-state index in [0.29, 0.717) is 30.7 Å². The van der Waals surface area contributed by atoms with Crippen LogP contribution in [0, 0.1) is 6.92 Å². The molecule has 3 N–H and O–H groups in total. The summed E-state index contributed by atoms with van der Waals surface area (Å²) in [6.45, 7) is 6.99. The molecule has 0 saturated carbocycles. The van der Waals surface area contributed by atoms with Gasteiger partial charge in [0.15, 0.2) is 5.96 Å². The number of pyridine rings is 1. The minimum atomic E-state index is -1.13. The van der Waals surface area contributed by atoms with E-state index in [4.69, 9.17) is 9.15 Å². The van der Waals surface area contributed by atoms with Crippen molar-refractivity contribution in [3.63, 3.8) is 0 Å². The van der Waals surface area contributed by atoms with Gasteiger partial charge in [-0.25, -0.2) is 9.98 Å². The van der Waals surface area contributed by atoms with Gasteiger partial charge < -0.3 is 24.9 Å². The maximum absolute atomic E-state index is 10.6. The number of guanidine groups is 1. The molecular weight excluding hydrogens is 447 g/mol. The third kappa shape index (κ3) is 6.49. The van der Waals surface area contributed by atoms with Crippen molar-refractivity contribution in [1.29, 1.82) is 0 Å². The Morgan fingerprint density at radius 3 is 2.62 bits per heavy atom. The first-order valence-electron chi connectivity index (χ1n) is 8.25. The SMILES string of the molecule is CCNC(=NCc1ccc(OC)nc1)NCC(C)(O)c1ccc(C)o1.I. The second kappa shape index (κ2) is 10.4. The highest BCUT2D eigenvalue weighted by Crippen LogP contribution is 2.21. The molecule has 1 unspecified atom stereocenters. The number of halogens is 1. The van der Waals surface area contributed by atoms with E-state index >= 15 is 0 Å². The number of aliphatic hydroxyl groups is 1. The summed E-state index contributed by atoms with van der Waals surface area (Å²) in [6.07, 6.45) is 1.73. The minimum absolute atomic E-state index is 0. The zero-order valence-electron chi connectivity index (χ0n) is 15.6. The molecule has 0 aromatic carbocycles. The number of aliphatic imine (C=N–C) groups is 1. The molecule has 2 rings (SSSR count). The monoisotopic (exact) mass is 474 g/mol. The molecule has 8 heteroatoms. The Morgan fingerprint density at radius 1 is 1.31 bits per heavy atom. The molecule has 0 aliphatic carbocycles. The summed E-state index contributed by atoms with van der Waals surface area (Å²) in [5.41, 5.74) is -0.169. The Bertz CT molecular complexity index is 699. The summed E-state index contributed by atoms with van der Waals surface area (Å²) in [4.78, 5) is 8.68. The average Bonchev–Trinajstić information content (AvgIpc) is 3.05. The molecule has 1 atom stereocenters. The molecule has 0 saturated heterocycles. The van der Waals surface area contributed by atoms with Crippen LogP contribution < -0.4 is 15.4 Å². The normalized spacial score (nSPS) is 13.5. The third-order valence-electron chi connectivity index (χ3n) is 3.64. The number of aryl methyl sites for hydroxylation is 1. The Labute approximate surface area is 171 Å². The molecule has 0 amide bonds. The van der Waals surface area contributed by atoms with E-state index in [1.807, 2.05) is 26.0 Å². The van der Waals surface area contributed by atoms with Crippen molar-refractivity contribution in [3.8, 4) is 5.88 Å². The molecule has 7 nitrogen and oxygen atoms in total. The molecule has 0 fully saturated rings. The molecule has 0 radical (unpaired) electrons. The molecule has 144 valence electrons. The van der Waals surface area contributed by atoms with Crippen molar-refractivity contribution in [3.05, 3.63) is 47.5 Å².